The average molecular weight is 751 g/mol. The summed E-state index contributed by atoms with van der Waals surface area (Å²) in [5, 5.41) is 0. The summed E-state index contributed by atoms with van der Waals surface area (Å²) in [6.45, 7) is 8.99. The Labute approximate surface area is 329 Å². The lowest BCUT2D eigenvalue weighted by Gasteiger charge is -2.18. The van der Waals surface area contributed by atoms with Crippen molar-refractivity contribution in [3.63, 3.8) is 0 Å². The average Bonchev–Trinajstić information content (AvgIpc) is 3.15. The SMILES string of the molecule is CCCCCCCCCCCCC(=O)O[C@H](COC(=O)CCCCCCCCC)COC(=O)CCCCCCCCCCCCCCCCC(C)CC. The van der Waals surface area contributed by atoms with E-state index in [4.69, 9.17) is 14.2 Å². The maximum Gasteiger partial charge on any atom is 0.306 e. The molecule has 0 aliphatic heterocycles. The number of hydrogen-bond donors (Lipinski definition) is 0. The minimum atomic E-state index is -0.757. The van der Waals surface area contributed by atoms with Crippen LogP contribution in [0.25, 0.3) is 0 Å². The topological polar surface area (TPSA) is 78.9 Å². The van der Waals surface area contributed by atoms with Crippen LogP contribution in [0.5, 0.6) is 0 Å². The lowest BCUT2D eigenvalue weighted by molar-refractivity contribution is -0.167. The molecule has 0 radical (unpaired) electrons. The first-order valence-electron chi connectivity index (χ1n) is 23.4. The zero-order chi connectivity index (χ0) is 38.9. The molecule has 0 rings (SSSR count). The Morgan fingerprint density at radius 1 is 0.377 bits per heavy atom. The van der Waals surface area contributed by atoms with E-state index >= 15 is 0 Å². The third-order valence-corrected chi connectivity index (χ3v) is 10.9. The van der Waals surface area contributed by atoms with Crippen molar-refractivity contribution in [2.24, 2.45) is 5.92 Å². The fraction of sp³-hybridized carbons (Fsp3) is 0.936. The van der Waals surface area contributed by atoms with Crippen molar-refractivity contribution in [2.45, 2.75) is 265 Å². The number of unbranched alkanes of at least 4 members (excludes halogenated alkanes) is 28. The molecule has 0 spiro atoms. The maximum atomic E-state index is 12.6. The molecule has 0 bridgehead atoms. The first-order chi connectivity index (χ1) is 25.9. The number of hydrogen-bond acceptors (Lipinski definition) is 6. The summed E-state index contributed by atoms with van der Waals surface area (Å²) in [6, 6.07) is 0. The van der Waals surface area contributed by atoms with Crippen molar-refractivity contribution < 1.29 is 28.6 Å². The predicted octanol–water partition coefficient (Wildman–Crippen LogP) is 14.7. The molecule has 0 aliphatic carbocycles. The monoisotopic (exact) mass is 751 g/mol. The van der Waals surface area contributed by atoms with Gasteiger partial charge in [-0.2, -0.15) is 0 Å². The predicted molar refractivity (Wildman–Crippen MR) is 224 cm³/mol. The van der Waals surface area contributed by atoms with E-state index in [1.54, 1.807) is 0 Å². The molecule has 0 aromatic heterocycles. The quantitative estimate of drug-likeness (QED) is 0.0351. The molecular formula is C47H90O6. The molecule has 0 heterocycles. The number of rotatable bonds is 42. The summed E-state index contributed by atoms with van der Waals surface area (Å²) in [7, 11) is 0. The van der Waals surface area contributed by atoms with Gasteiger partial charge in [0.1, 0.15) is 13.2 Å². The Morgan fingerprint density at radius 3 is 0.981 bits per heavy atom. The van der Waals surface area contributed by atoms with E-state index in [1.807, 2.05) is 0 Å². The van der Waals surface area contributed by atoms with Crippen LogP contribution in [-0.4, -0.2) is 37.2 Å². The molecule has 0 aromatic carbocycles. The summed E-state index contributed by atoms with van der Waals surface area (Å²) < 4.78 is 16.7. The fourth-order valence-electron chi connectivity index (χ4n) is 6.95. The zero-order valence-electron chi connectivity index (χ0n) is 36.0. The summed E-state index contributed by atoms with van der Waals surface area (Å²) in [5.41, 5.74) is 0. The van der Waals surface area contributed by atoms with Crippen molar-refractivity contribution in [1.82, 2.24) is 0 Å². The largest absolute Gasteiger partial charge is 0.462 e. The smallest absolute Gasteiger partial charge is 0.306 e. The van der Waals surface area contributed by atoms with E-state index in [2.05, 4.69) is 27.7 Å². The van der Waals surface area contributed by atoms with Crippen LogP contribution < -0.4 is 0 Å². The second kappa shape index (κ2) is 41.6. The van der Waals surface area contributed by atoms with Crippen molar-refractivity contribution in [3.8, 4) is 0 Å². The fourth-order valence-corrected chi connectivity index (χ4v) is 6.95. The van der Waals surface area contributed by atoms with Gasteiger partial charge in [0, 0.05) is 19.3 Å². The second-order valence-electron chi connectivity index (χ2n) is 16.3. The lowest BCUT2D eigenvalue weighted by atomic mass is 9.99. The number of carbonyl (C=O) groups excluding carboxylic acids is 3. The molecule has 0 aliphatic rings. The molecule has 0 saturated carbocycles. The van der Waals surface area contributed by atoms with Crippen molar-refractivity contribution in [3.05, 3.63) is 0 Å². The van der Waals surface area contributed by atoms with Crippen LogP contribution in [0.15, 0.2) is 0 Å². The first-order valence-corrected chi connectivity index (χ1v) is 23.4. The van der Waals surface area contributed by atoms with Gasteiger partial charge in [-0.25, -0.2) is 0 Å². The highest BCUT2D eigenvalue weighted by Crippen LogP contribution is 2.17. The normalized spacial score (nSPS) is 12.5. The van der Waals surface area contributed by atoms with Gasteiger partial charge in [0.15, 0.2) is 6.10 Å². The van der Waals surface area contributed by atoms with Gasteiger partial charge in [0.2, 0.25) is 0 Å². The Balaban J connectivity index is 4.18. The highest BCUT2D eigenvalue weighted by atomic mass is 16.6. The van der Waals surface area contributed by atoms with Crippen LogP contribution in [0.2, 0.25) is 0 Å². The Bertz CT molecular complexity index is 798. The summed E-state index contributed by atoms with van der Waals surface area (Å²) >= 11 is 0. The van der Waals surface area contributed by atoms with Crippen molar-refractivity contribution in [2.75, 3.05) is 13.2 Å². The van der Waals surface area contributed by atoms with Gasteiger partial charge in [-0.15, -0.1) is 0 Å². The van der Waals surface area contributed by atoms with E-state index in [0.29, 0.717) is 19.3 Å². The molecule has 0 N–H and O–H groups in total. The molecule has 53 heavy (non-hydrogen) atoms. The highest BCUT2D eigenvalue weighted by Gasteiger charge is 2.19. The van der Waals surface area contributed by atoms with Gasteiger partial charge in [0.05, 0.1) is 0 Å². The second-order valence-corrected chi connectivity index (χ2v) is 16.3. The Morgan fingerprint density at radius 2 is 0.660 bits per heavy atom. The summed E-state index contributed by atoms with van der Waals surface area (Å²) in [4.78, 5) is 37.6. The van der Waals surface area contributed by atoms with Gasteiger partial charge in [-0.3, -0.25) is 14.4 Å². The lowest BCUT2D eigenvalue weighted by Crippen LogP contribution is -2.30. The van der Waals surface area contributed by atoms with Crippen LogP contribution >= 0.6 is 0 Å². The minimum absolute atomic E-state index is 0.0639. The van der Waals surface area contributed by atoms with Gasteiger partial charge >= 0.3 is 17.9 Å². The third kappa shape index (κ3) is 39.9. The number of esters is 3. The van der Waals surface area contributed by atoms with Gasteiger partial charge in [-0.05, 0) is 25.2 Å². The molecule has 6 nitrogen and oxygen atoms in total. The van der Waals surface area contributed by atoms with Crippen LogP contribution in [-0.2, 0) is 28.6 Å². The maximum absolute atomic E-state index is 12.6. The minimum Gasteiger partial charge on any atom is -0.462 e. The number of ether oxygens (including phenoxy) is 3. The van der Waals surface area contributed by atoms with Crippen LogP contribution in [0.1, 0.15) is 259 Å². The molecule has 2 atom stereocenters. The van der Waals surface area contributed by atoms with Crippen LogP contribution in [0.4, 0.5) is 0 Å². The van der Waals surface area contributed by atoms with E-state index < -0.39 is 6.10 Å². The van der Waals surface area contributed by atoms with E-state index in [1.165, 1.54) is 154 Å². The van der Waals surface area contributed by atoms with Gasteiger partial charge in [-0.1, -0.05) is 220 Å². The Hall–Kier alpha value is -1.59. The van der Waals surface area contributed by atoms with E-state index in [9.17, 15) is 14.4 Å². The van der Waals surface area contributed by atoms with Gasteiger partial charge < -0.3 is 14.2 Å². The molecule has 0 amide bonds. The first kappa shape index (κ1) is 51.4. The Kier molecular flexibility index (Phi) is 40.3. The van der Waals surface area contributed by atoms with Crippen LogP contribution in [0, 0.1) is 5.92 Å². The molecular weight excluding hydrogens is 661 g/mol. The third-order valence-electron chi connectivity index (χ3n) is 10.9. The molecule has 314 valence electrons. The van der Waals surface area contributed by atoms with Crippen molar-refractivity contribution in [1.29, 1.82) is 0 Å². The highest BCUT2D eigenvalue weighted by molar-refractivity contribution is 5.71. The molecule has 1 unspecified atom stereocenters. The zero-order valence-corrected chi connectivity index (χ0v) is 36.0. The molecule has 6 heteroatoms. The van der Waals surface area contributed by atoms with E-state index in [-0.39, 0.29) is 31.1 Å². The van der Waals surface area contributed by atoms with Crippen LogP contribution in [0.3, 0.4) is 0 Å². The molecule has 0 fully saturated rings. The summed E-state index contributed by atoms with van der Waals surface area (Å²) in [5.74, 6) is 0.0356. The van der Waals surface area contributed by atoms with E-state index in [0.717, 1.165) is 63.7 Å². The summed E-state index contributed by atoms with van der Waals surface area (Å²) in [6.07, 6.45) is 40.9. The van der Waals surface area contributed by atoms with Crippen molar-refractivity contribution >= 4 is 17.9 Å². The standard InChI is InChI=1S/C47H90O6/c1-5-8-10-12-14-15-23-28-32-36-40-47(50)53-44(41-51-45(48)38-34-30-25-13-11-9-6-2)42-52-46(49)39-35-31-27-24-21-19-17-16-18-20-22-26-29-33-37-43(4)7-3/h43-44H,5-42H2,1-4H3/t43?,44-/m1/s1. The number of carbonyl (C=O) groups is 3. The molecule has 0 aromatic rings. The molecule has 0 saturated heterocycles. The van der Waals surface area contributed by atoms with Gasteiger partial charge in [0.25, 0.3) is 0 Å².